The molecule has 35 heavy (non-hydrogen) atoms. The lowest BCUT2D eigenvalue weighted by atomic mass is 9.92. The highest BCUT2D eigenvalue weighted by Gasteiger charge is 2.33. The van der Waals surface area contributed by atoms with E-state index in [1.165, 1.54) is 23.5 Å². The molecule has 0 unspecified atom stereocenters. The Morgan fingerprint density at radius 1 is 0.829 bits per heavy atom. The molecule has 2 saturated heterocycles. The summed E-state index contributed by atoms with van der Waals surface area (Å²) in [6, 6.07) is 0. The van der Waals surface area contributed by atoms with Crippen molar-refractivity contribution in [1.82, 2.24) is 30.2 Å². The highest BCUT2D eigenvalue weighted by atomic mass is 32.2. The molecule has 2 aliphatic heterocycles. The molecule has 0 bridgehead atoms. The van der Waals surface area contributed by atoms with Gasteiger partial charge in [-0.3, -0.25) is 29.0 Å². The zero-order chi connectivity index (χ0) is 26.2. The normalized spacial score (nSPS) is 17.9. The third kappa shape index (κ3) is 10.8. The van der Waals surface area contributed by atoms with Crippen LogP contribution in [0.5, 0.6) is 0 Å². The number of thiocarbonyl (C=S) groups is 2. The molecule has 0 aromatic rings. The highest BCUT2D eigenvalue weighted by molar-refractivity contribution is 8.23. The molecule has 0 saturated carbocycles. The van der Waals surface area contributed by atoms with Gasteiger partial charge < -0.3 is 30.6 Å². The Morgan fingerprint density at radius 2 is 1.20 bits per heavy atom. The molecule has 0 radical (unpaired) electrons. The van der Waals surface area contributed by atoms with Crippen LogP contribution in [-0.4, -0.2) is 127 Å². The van der Waals surface area contributed by atoms with Crippen molar-refractivity contribution in [1.29, 1.82) is 0 Å². The first-order chi connectivity index (χ1) is 16.3. The second kappa shape index (κ2) is 13.5. The third-order valence-electron chi connectivity index (χ3n) is 4.84. The number of hydrogen-bond acceptors (Lipinski definition) is 10. The standard InChI is InChI=1S/C19H30N6O6S4/c1-19(2,7-24-9-22(11-34-17(24)32)5-13(26)20-3-15(28)29)8-25-10-23(12-35-18(25)33)6-14(27)21-4-16(30)31/h3-12H2,1-2H3,(H,20,26)(H,21,27)(H,28,29)(H,30,31). The lowest BCUT2D eigenvalue weighted by Gasteiger charge is -2.44. The predicted octanol–water partition coefficient (Wildman–Crippen LogP) is -0.484. The average Bonchev–Trinajstić information content (AvgIpc) is 2.75. The Labute approximate surface area is 223 Å². The van der Waals surface area contributed by atoms with E-state index in [2.05, 4.69) is 24.5 Å². The number of nitrogens with zero attached hydrogens (tertiary/aromatic N) is 4. The second-order valence-corrected chi connectivity index (χ2v) is 12.1. The molecule has 12 nitrogen and oxygen atoms in total. The van der Waals surface area contributed by atoms with Crippen molar-refractivity contribution in [2.75, 3.05) is 64.4 Å². The summed E-state index contributed by atoms with van der Waals surface area (Å²) >= 11 is 14.0. The Morgan fingerprint density at radius 3 is 1.54 bits per heavy atom. The van der Waals surface area contributed by atoms with Crippen molar-refractivity contribution in [3.05, 3.63) is 0 Å². The molecular weight excluding hydrogens is 537 g/mol. The Balaban J connectivity index is 1.89. The van der Waals surface area contributed by atoms with Gasteiger partial charge in [-0.15, -0.1) is 0 Å². The molecule has 2 fully saturated rings. The van der Waals surface area contributed by atoms with E-state index < -0.39 is 25.0 Å². The first kappa shape index (κ1) is 29.5. The lowest BCUT2D eigenvalue weighted by Crippen LogP contribution is -2.54. The first-order valence-corrected chi connectivity index (χ1v) is 13.4. The van der Waals surface area contributed by atoms with E-state index >= 15 is 0 Å². The Kier molecular flexibility index (Phi) is 11.4. The molecule has 0 aromatic carbocycles. The largest absolute Gasteiger partial charge is 0.480 e. The van der Waals surface area contributed by atoms with Gasteiger partial charge in [-0.05, 0) is 5.41 Å². The Bertz CT molecular complexity index is 794. The lowest BCUT2D eigenvalue weighted by molar-refractivity contribution is -0.138. The van der Waals surface area contributed by atoms with Crippen LogP contribution in [0.1, 0.15) is 13.8 Å². The predicted molar refractivity (Wildman–Crippen MR) is 142 cm³/mol. The van der Waals surface area contributed by atoms with E-state index in [9.17, 15) is 19.2 Å². The summed E-state index contributed by atoms with van der Waals surface area (Å²) in [4.78, 5) is 53.1. The van der Waals surface area contributed by atoms with Gasteiger partial charge in [-0.2, -0.15) is 0 Å². The van der Waals surface area contributed by atoms with E-state index in [-0.39, 0.29) is 30.3 Å². The molecular formula is C19H30N6O6S4. The van der Waals surface area contributed by atoms with Gasteiger partial charge in [0.15, 0.2) is 0 Å². The smallest absolute Gasteiger partial charge is 0.322 e. The molecule has 4 N–H and O–H groups in total. The van der Waals surface area contributed by atoms with E-state index in [4.69, 9.17) is 34.6 Å². The van der Waals surface area contributed by atoms with Crippen LogP contribution >= 0.6 is 48.0 Å². The summed E-state index contributed by atoms with van der Waals surface area (Å²) in [5.41, 5.74) is -0.252. The molecule has 0 spiro atoms. The second-order valence-electron chi connectivity index (χ2n) is 8.92. The molecule has 2 rings (SSSR count). The molecule has 2 aliphatic rings. The number of amides is 2. The molecule has 2 heterocycles. The monoisotopic (exact) mass is 566 g/mol. The summed E-state index contributed by atoms with van der Waals surface area (Å²) < 4.78 is 1.46. The van der Waals surface area contributed by atoms with Crippen molar-refractivity contribution in [3.63, 3.8) is 0 Å². The van der Waals surface area contributed by atoms with E-state index in [0.717, 1.165) is 8.64 Å². The van der Waals surface area contributed by atoms with E-state index in [1.54, 1.807) is 0 Å². The van der Waals surface area contributed by atoms with Crippen molar-refractivity contribution in [2.45, 2.75) is 13.8 Å². The Hall–Kier alpha value is -1.72. The maximum Gasteiger partial charge on any atom is 0.322 e. The van der Waals surface area contributed by atoms with Crippen molar-refractivity contribution >= 4 is 80.4 Å². The van der Waals surface area contributed by atoms with Crippen LogP contribution in [0.3, 0.4) is 0 Å². The fourth-order valence-corrected chi connectivity index (χ4v) is 5.63. The minimum atomic E-state index is -1.09. The van der Waals surface area contributed by atoms with Crippen molar-refractivity contribution in [3.8, 4) is 0 Å². The van der Waals surface area contributed by atoms with Gasteiger partial charge in [0, 0.05) is 13.1 Å². The number of aliphatic carboxylic acids is 2. The maximum absolute atomic E-state index is 12.0. The van der Waals surface area contributed by atoms with Gasteiger partial charge in [0.25, 0.3) is 0 Å². The fourth-order valence-electron chi connectivity index (χ4n) is 3.53. The number of hydrogen-bond donors (Lipinski definition) is 4. The zero-order valence-corrected chi connectivity index (χ0v) is 22.8. The first-order valence-electron chi connectivity index (χ1n) is 10.6. The number of carboxylic acids is 2. The van der Waals surface area contributed by atoms with Crippen LogP contribution in [0, 0.1) is 5.41 Å². The van der Waals surface area contributed by atoms with Crippen LogP contribution in [0.4, 0.5) is 0 Å². The SMILES string of the molecule is CC(C)(CN1CN(CC(=O)NCC(=O)O)CSC1=S)CN1CN(CC(=O)NCC(=O)O)CSC1=S. The zero-order valence-electron chi connectivity index (χ0n) is 19.5. The van der Waals surface area contributed by atoms with Gasteiger partial charge in [0.05, 0.1) is 38.2 Å². The highest BCUT2D eigenvalue weighted by Crippen LogP contribution is 2.28. The number of thioether (sulfide) groups is 2. The number of rotatable bonds is 12. The van der Waals surface area contributed by atoms with Gasteiger partial charge in [0.2, 0.25) is 11.8 Å². The number of carboxylic acid groups (broad SMARTS) is 2. The summed E-state index contributed by atoms with van der Waals surface area (Å²) in [5, 5.41) is 22.2. The van der Waals surface area contributed by atoms with Crippen LogP contribution in [0.25, 0.3) is 0 Å². The van der Waals surface area contributed by atoms with Crippen LogP contribution < -0.4 is 10.6 Å². The maximum atomic E-state index is 12.0. The number of carbonyl (C=O) groups excluding carboxylic acids is 2. The number of carbonyl (C=O) groups is 4. The van der Waals surface area contributed by atoms with Crippen LogP contribution in [0.2, 0.25) is 0 Å². The molecule has 2 amide bonds. The molecule has 16 heteroatoms. The summed E-state index contributed by atoms with van der Waals surface area (Å²) in [5.74, 6) is -1.82. The van der Waals surface area contributed by atoms with E-state index in [0.29, 0.717) is 38.2 Å². The number of nitrogens with one attached hydrogen (secondary N) is 2. The van der Waals surface area contributed by atoms with Gasteiger partial charge in [0.1, 0.15) is 21.7 Å². The molecule has 0 atom stereocenters. The quantitative estimate of drug-likeness (QED) is 0.225. The third-order valence-corrected chi connectivity index (χ3v) is 8.07. The van der Waals surface area contributed by atoms with Crippen molar-refractivity contribution in [2.24, 2.45) is 5.41 Å². The fraction of sp³-hybridized carbons (Fsp3) is 0.684. The minimum absolute atomic E-state index is 0.0750. The molecule has 0 aromatic heterocycles. The molecule has 0 aliphatic carbocycles. The minimum Gasteiger partial charge on any atom is -0.480 e. The molecule has 196 valence electrons. The summed E-state index contributed by atoms with van der Waals surface area (Å²) in [7, 11) is 0. The van der Waals surface area contributed by atoms with Gasteiger partial charge in [-0.25, -0.2) is 0 Å². The van der Waals surface area contributed by atoms with Crippen LogP contribution in [0.15, 0.2) is 0 Å². The topological polar surface area (TPSA) is 146 Å². The van der Waals surface area contributed by atoms with Gasteiger partial charge >= 0.3 is 11.9 Å². The summed E-state index contributed by atoms with van der Waals surface area (Å²) in [6.07, 6.45) is 0. The van der Waals surface area contributed by atoms with Crippen LogP contribution in [-0.2, 0) is 19.2 Å². The average molecular weight is 567 g/mol. The van der Waals surface area contributed by atoms with E-state index in [1.807, 2.05) is 19.6 Å². The summed E-state index contributed by atoms with van der Waals surface area (Å²) in [6.45, 7) is 5.60. The van der Waals surface area contributed by atoms with Crippen molar-refractivity contribution < 1.29 is 29.4 Å². The van der Waals surface area contributed by atoms with Gasteiger partial charge in [-0.1, -0.05) is 61.8 Å².